The van der Waals surface area contributed by atoms with Crippen LogP contribution in [0.15, 0.2) is 16.7 Å². The molecule has 114 valence electrons. The summed E-state index contributed by atoms with van der Waals surface area (Å²) >= 11 is 6.24. The van der Waals surface area contributed by atoms with Gasteiger partial charge >= 0.3 is 0 Å². The van der Waals surface area contributed by atoms with Crippen molar-refractivity contribution in [1.82, 2.24) is 10.1 Å². The number of benzene rings is 1. The van der Waals surface area contributed by atoms with Crippen LogP contribution in [0.2, 0.25) is 5.02 Å². The molecule has 0 saturated carbocycles. The minimum absolute atomic E-state index is 0.138. The second-order valence-electron chi connectivity index (χ2n) is 4.39. The van der Waals surface area contributed by atoms with E-state index in [1.165, 1.54) is 0 Å². The predicted octanol–water partition coefficient (Wildman–Crippen LogP) is 2.37. The highest BCUT2D eigenvalue weighted by Crippen LogP contribution is 2.37. The molecule has 0 radical (unpaired) electrons. The maximum atomic E-state index is 6.24. The number of ether oxygens (including phenoxy) is 2. The lowest BCUT2D eigenvalue weighted by atomic mass is 10.1. The number of aryl methyl sites for hydroxylation is 1. The van der Waals surface area contributed by atoms with Crippen LogP contribution in [0.3, 0.4) is 0 Å². The van der Waals surface area contributed by atoms with E-state index in [2.05, 4.69) is 10.1 Å². The van der Waals surface area contributed by atoms with Crippen LogP contribution in [0.1, 0.15) is 24.2 Å². The van der Waals surface area contributed by atoms with Crippen LogP contribution in [0.25, 0.3) is 0 Å². The summed E-state index contributed by atoms with van der Waals surface area (Å²) in [7, 11) is 1.56. The smallest absolute Gasteiger partial charge is 0.264 e. The van der Waals surface area contributed by atoms with Gasteiger partial charge in [-0.3, -0.25) is 0 Å². The number of rotatable bonds is 7. The first-order chi connectivity index (χ1) is 10.2. The van der Waals surface area contributed by atoms with E-state index in [1.807, 2.05) is 19.1 Å². The van der Waals surface area contributed by atoms with Gasteiger partial charge in [0.15, 0.2) is 23.9 Å². The Hall–Kier alpha value is -1.79. The average Bonchev–Trinajstić information content (AvgIpc) is 2.94. The van der Waals surface area contributed by atoms with Gasteiger partial charge in [0.1, 0.15) is 0 Å². The summed E-state index contributed by atoms with van der Waals surface area (Å²) in [4.78, 5) is 4.17. The highest BCUT2D eigenvalue weighted by Gasteiger charge is 2.14. The van der Waals surface area contributed by atoms with Crippen molar-refractivity contribution in [2.45, 2.75) is 26.4 Å². The van der Waals surface area contributed by atoms with Crippen LogP contribution in [-0.4, -0.2) is 23.8 Å². The molecule has 0 saturated heterocycles. The molecule has 0 amide bonds. The van der Waals surface area contributed by atoms with E-state index < -0.39 is 0 Å². The molecule has 21 heavy (non-hydrogen) atoms. The topological polar surface area (TPSA) is 83.4 Å². The molecule has 7 heteroatoms. The standard InChI is InChI=1S/C14H18ClN3O3/c1-3-12-17-13(21-18-12)8-20-14-10(15)6-9(4-5-16)7-11(14)19-2/h6-7H,3-5,8,16H2,1-2H3. The molecule has 0 unspecified atom stereocenters. The van der Waals surface area contributed by atoms with Gasteiger partial charge in [-0.25, -0.2) is 0 Å². The Morgan fingerprint density at radius 3 is 2.81 bits per heavy atom. The van der Waals surface area contributed by atoms with Gasteiger partial charge in [0.25, 0.3) is 5.89 Å². The Kier molecular flexibility index (Phi) is 5.41. The number of nitrogens with two attached hydrogens (primary N) is 1. The molecule has 0 aliphatic carbocycles. The third-order valence-corrected chi connectivity index (χ3v) is 3.17. The minimum Gasteiger partial charge on any atom is -0.493 e. The summed E-state index contributed by atoms with van der Waals surface area (Å²) in [6, 6.07) is 3.68. The first-order valence-electron chi connectivity index (χ1n) is 6.68. The van der Waals surface area contributed by atoms with Crippen molar-refractivity contribution in [3.05, 3.63) is 34.4 Å². The number of hydrogen-bond donors (Lipinski definition) is 1. The molecule has 2 rings (SSSR count). The molecular formula is C14H18ClN3O3. The number of hydrogen-bond acceptors (Lipinski definition) is 6. The fourth-order valence-electron chi connectivity index (χ4n) is 1.85. The molecule has 0 spiro atoms. The second-order valence-corrected chi connectivity index (χ2v) is 4.80. The lowest BCUT2D eigenvalue weighted by molar-refractivity contribution is 0.233. The van der Waals surface area contributed by atoms with Crippen LogP contribution >= 0.6 is 11.6 Å². The summed E-state index contributed by atoms with van der Waals surface area (Å²) in [5.41, 5.74) is 6.55. The minimum atomic E-state index is 0.138. The van der Waals surface area contributed by atoms with Gasteiger partial charge in [-0.2, -0.15) is 4.98 Å². The monoisotopic (exact) mass is 311 g/mol. The van der Waals surface area contributed by atoms with Crippen molar-refractivity contribution < 1.29 is 14.0 Å². The highest BCUT2D eigenvalue weighted by atomic mass is 35.5. The van der Waals surface area contributed by atoms with E-state index in [0.717, 1.165) is 12.0 Å². The van der Waals surface area contributed by atoms with E-state index >= 15 is 0 Å². The Labute approximate surface area is 128 Å². The third-order valence-electron chi connectivity index (χ3n) is 2.89. The van der Waals surface area contributed by atoms with Crippen molar-refractivity contribution in [3.63, 3.8) is 0 Å². The van der Waals surface area contributed by atoms with Crippen LogP contribution in [-0.2, 0) is 19.4 Å². The molecule has 0 fully saturated rings. The molecule has 1 aromatic heterocycles. The Morgan fingerprint density at radius 1 is 1.38 bits per heavy atom. The zero-order valence-electron chi connectivity index (χ0n) is 12.1. The molecule has 0 aliphatic rings. The molecule has 0 bridgehead atoms. The fraction of sp³-hybridized carbons (Fsp3) is 0.429. The summed E-state index contributed by atoms with van der Waals surface area (Å²) in [5, 5.41) is 4.27. The summed E-state index contributed by atoms with van der Waals surface area (Å²) in [5.74, 6) is 2.05. The van der Waals surface area contributed by atoms with Gasteiger partial charge in [-0.05, 0) is 30.7 Å². The van der Waals surface area contributed by atoms with E-state index in [9.17, 15) is 0 Å². The van der Waals surface area contributed by atoms with Crippen molar-refractivity contribution in [2.24, 2.45) is 5.73 Å². The zero-order valence-corrected chi connectivity index (χ0v) is 12.8. The Bertz CT molecular complexity index is 601. The van der Waals surface area contributed by atoms with E-state index in [1.54, 1.807) is 7.11 Å². The zero-order chi connectivity index (χ0) is 15.2. The molecule has 1 aromatic carbocycles. The van der Waals surface area contributed by atoms with E-state index in [4.69, 9.17) is 31.3 Å². The van der Waals surface area contributed by atoms with Crippen molar-refractivity contribution in [3.8, 4) is 11.5 Å². The van der Waals surface area contributed by atoms with Gasteiger partial charge < -0.3 is 19.7 Å². The largest absolute Gasteiger partial charge is 0.493 e. The van der Waals surface area contributed by atoms with E-state index in [-0.39, 0.29) is 6.61 Å². The summed E-state index contributed by atoms with van der Waals surface area (Å²) in [6.07, 6.45) is 1.43. The quantitative estimate of drug-likeness (QED) is 0.845. The molecule has 1 heterocycles. The lowest BCUT2D eigenvalue weighted by Gasteiger charge is -2.12. The fourth-order valence-corrected chi connectivity index (χ4v) is 2.14. The molecule has 6 nitrogen and oxygen atoms in total. The maximum Gasteiger partial charge on any atom is 0.264 e. The van der Waals surface area contributed by atoms with Gasteiger partial charge in [0.2, 0.25) is 0 Å². The number of aromatic nitrogens is 2. The normalized spacial score (nSPS) is 10.7. The van der Waals surface area contributed by atoms with Gasteiger partial charge in [-0.15, -0.1) is 0 Å². The summed E-state index contributed by atoms with van der Waals surface area (Å²) in [6.45, 7) is 2.63. The Morgan fingerprint density at radius 2 is 2.19 bits per heavy atom. The molecule has 2 aromatic rings. The third kappa shape index (κ3) is 3.86. The SMILES string of the molecule is CCc1noc(COc2c(Cl)cc(CCN)cc2OC)n1. The number of methoxy groups -OCH3 is 1. The average molecular weight is 312 g/mol. The summed E-state index contributed by atoms with van der Waals surface area (Å²) < 4.78 is 16.0. The Balaban J connectivity index is 2.14. The van der Waals surface area contributed by atoms with Crippen molar-refractivity contribution in [1.29, 1.82) is 0 Å². The van der Waals surface area contributed by atoms with Crippen molar-refractivity contribution in [2.75, 3.05) is 13.7 Å². The van der Waals surface area contributed by atoms with Crippen LogP contribution in [0, 0.1) is 0 Å². The van der Waals surface area contributed by atoms with Gasteiger partial charge in [0, 0.05) is 6.42 Å². The van der Waals surface area contributed by atoms with Gasteiger partial charge in [-0.1, -0.05) is 23.7 Å². The molecule has 0 aliphatic heterocycles. The molecular weight excluding hydrogens is 294 g/mol. The number of halogens is 1. The maximum absolute atomic E-state index is 6.24. The van der Waals surface area contributed by atoms with Crippen LogP contribution in [0.4, 0.5) is 0 Å². The highest BCUT2D eigenvalue weighted by molar-refractivity contribution is 6.32. The lowest BCUT2D eigenvalue weighted by Crippen LogP contribution is -2.04. The van der Waals surface area contributed by atoms with Crippen molar-refractivity contribution >= 4 is 11.6 Å². The molecule has 2 N–H and O–H groups in total. The van der Waals surface area contributed by atoms with E-state index in [0.29, 0.717) is 41.2 Å². The molecule has 0 atom stereocenters. The second kappa shape index (κ2) is 7.28. The van der Waals surface area contributed by atoms with Gasteiger partial charge in [0.05, 0.1) is 12.1 Å². The van der Waals surface area contributed by atoms with Crippen LogP contribution < -0.4 is 15.2 Å². The van der Waals surface area contributed by atoms with Crippen LogP contribution in [0.5, 0.6) is 11.5 Å². The number of nitrogens with zero attached hydrogens (tertiary/aromatic N) is 2. The predicted molar refractivity (Wildman–Crippen MR) is 78.8 cm³/mol. The first-order valence-corrected chi connectivity index (χ1v) is 7.06. The first kappa shape index (κ1) is 15.6.